The highest BCUT2D eigenvalue weighted by Gasteiger charge is 2.32. The van der Waals surface area contributed by atoms with Crippen LogP contribution in [0.15, 0.2) is 12.5 Å². The van der Waals surface area contributed by atoms with Crippen LogP contribution in [0.2, 0.25) is 0 Å². The molecule has 0 saturated carbocycles. The van der Waals surface area contributed by atoms with Gasteiger partial charge in [-0.2, -0.15) is 0 Å². The Labute approximate surface area is 123 Å². The van der Waals surface area contributed by atoms with Gasteiger partial charge in [0, 0.05) is 24.8 Å². The summed E-state index contributed by atoms with van der Waals surface area (Å²) in [6.07, 6.45) is 6.65. The molecule has 114 valence electrons. The third-order valence-corrected chi connectivity index (χ3v) is 4.35. The van der Waals surface area contributed by atoms with E-state index in [4.69, 9.17) is 0 Å². The molecule has 2 rings (SSSR count). The highest BCUT2D eigenvalue weighted by Crippen LogP contribution is 2.35. The molecule has 0 spiro atoms. The zero-order valence-corrected chi connectivity index (χ0v) is 13.6. The van der Waals surface area contributed by atoms with Crippen molar-refractivity contribution in [3.8, 4) is 0 Å². The monoisotopic (exact) mass is 278 g/mol. The molecule has 1 aromatic heterocycles. The van der Waals surface area contributed by atoms with E-state index in [0.29, 0.717) is 24.0 Å². The van der Waals surface area contributed by atoms with Crippen LogP contribution in [0.3, 0.4) is 0 Å². The van der Waals surface area contributed by atoms with Gasteiger partial charge in [-0.3, -0.25) is 4.90 Å². The van der Waals surface area contributed by atoms with Gasteiger partial charge in [0.05, 0.1) is 18.1 Å². The molecule has 1 fully saturated rings. The van der Waals surface area contributed by atoms with Gasteiger partial charge in [-0.1, -0.05) is 13.8 Å². The van der Waals surface area contributed by atoms with Crippen LogP contribution in [-0.4, -0.2) is 40.6 Å². The number of nitrogens with zero attached hydrogens (tertiary/aromatic N) is 3. The number of piperidine rings is 1. The first-order valence-electron chi connectivity index (χ1n) is 7.96. The van der Waals surface area contributed by atoms with Crippen LogP contribution in [-0.2, 0) is 0 Å². The summed E-state index contributed by atoms with van der Waals surface area (Å²) in [6, 6.07) is 1.51. The molecule has 0 amide bonds. The highest BCUT2D eigenvalue weighted by molar-refractivity contribution is 5.10. The lowest BCUT2D eigenvalue weighted by atomic mass is 9.87. The lowest BCUT2D eigenvalue weighted by molar-refractivity contribution is 0.111. The molecule has 1 aliphatic rings. The molecule has 2 atom stereocenters. The standard InChI is InChI=1S/C16H30N4/c1-12(2)18-9-14-7-6-8-19(5)16(14)15-10-17-11-20(15)13(3)4/h10-14,16,18H,6-9H2,1-5H3. The fraction of sp³-hybridized carbons (Fsp3) is 0.812. The molecule has 0 bridgehead atoms. The van der Waals surface area contributed by atoms with Gasteiger partial charge >= 0.3 is 0 Å². The summed E-state index contributed by atoms with van der Waals surface area (Å²) in [6.45, 7) is 11.2. The molecular weight excluding hydrogens is 248 g/mol. The van der Waals surface area contributed by atoms with E-state index in [2.05, 4.69) is 60.7 Å². The lowest BCUT2D eigenvalue weighted by Gasteiger charge is -2.40. The first-order valence-corrected chi connectivity index (χ1v) is 7.96. The summed E-state index contributed by atoms with van der Waals surface area (Å²) in [5.41, 5.74) is 1.37. The number of hydrogen-bond donors (Lipinski definition) is 1. The SMILES string of the molecule is CC(C)NCC1CCCN(C)C1c1cncn1C(C)C. The van der Waals surface area contributed by atoms with Crippen LogP contribution in [0.4, 0.5) is 0 Å². The Balaban J connectivity index is 2.20. The molecule has 1 N–H and O–H groups in total. The fourth-order valence-corrected chi connectivity index (χ4v) is 3.30. The Morgan fingerprint density at radius 2 is 2.10 bits per heavy atom. The molecule has 1 saturated heterocycles. The van der Waals surface area contributed by atoms with Gasteiger partial charge in [0.25, 0.3) is 0 Å². The van der Waals surface area contributed by atoms with Crippen LogP contribution in [0.1, 0.15) is 58.3 Å². The lowest BCUT2D eigenvalue weighted by Crippen LogP contribution is -2.42. The van der Waals surface area contributed by atoms with Crippen LogP contribution in [0.25, 0.3) is 0 Å². The first-order chi connectivity index (χ1) is 9.50. The normalized spacial score (nSPS) is 24.8. The van der Waals surface area contributed by atoms with Crippen LogP contribution < -0.4 is 5.32 Å². The van der Waals surface area contributed by atoms with E-state index in [1.54, 1.807) is 0 Å². The average molecular weight is 278 g/mol. The zero-order valence-electron chi connectivity index (χ0n) is 13.6. The fourth-order valence-electron chi connectivity index (χ4n) is 3.30. The van der Waals surface area contributed by atoms with Gasteiger partial charge in [0.2, 0.25) is 0 Å². The molecule has 1 aliphatic heterocycles. The van der Waals surface area contributed by atoms with Crippen molar-refractivity contribution in [2.75, 3.05) is 20.1 Å². The zero-order chi connectivity index (χ0) is 14.7. The van der Waals surface area contributed by atoms with E-state index in [9.17, 15) is 0 Å². The Bertz CT molecular complexity index is 410. The molecule has 4 heteroatoms. The van der Waals surface area contributed by atoms with Gasteiger partial charge in [-0.15, -0.1) is 0 Å². The minimum atomic E-state index is 0.474. The largest absolute Gasteiger partial charge is 0.331 e. The van der Waals surface area contributed by atoms with Crippen molar-refractivity contribution in [3.05, 3.63) is 18.2 Å². The number of rotatable bonds is 5. The summed E-state index contributed by atoms with van der Waals surface area (Å²) in [4.78, 5) is 6.90. The molecule has 0 aliphatic carbocycles. The maximum Gasteiger partial charge on any atom is 0.0951 e. The summed E-state index contributed by atoms with van der Waals surface area (Å²) < 4.78 is 2.33. The molecule has 1 aromatic rings. The van der Waals surface area contributed by atoms with E-state index >= 15 is 0 Å². The van der Waals surface area contributed by atoms with Crippen molar-refractivity contribution in [1.29, 1.82) is 0 Å². The molecule has 4 nitrogen and oxygen atoms in total. The van der Waals surface area contributed by atoms with Crippen molar-refractivity contribution in [1.82, 2.24) is 19.8 Å². The number of likely N-dealkylation sites (tertiary alicyclic amines) is 1. The van der Waals surface area contributed by atoms with Crippen molar-refractivity contribution < 1.29 is 0 Å². The molecule has 0 radical (unpaired) electrons. The summed E-state index contributed by atoms with van der Waals surface area (Å²) in [7, 11) is 2.25. The van der Waals surface area contributed by atoms with E-state index in [-0.39, 0.29) is 0 Å². The van der Waals surface area contributed by atoms with Gasteiger partial charge < -0.3 is 9.88 Å². The Kier molecular flexibility index (Phi) is 5.22. The van der Waals surface area contributed by atoms with Gasteiger partial charge in [0.15, 0.2) is 0 Å². The molecule has 2 unspecified atom stereocenters. The van der Waals surface area contributed by atoms with Crippen LogP contribution in [0.5, 0.6) is 0 Å². The number of imidazole rings is 1. The van der Waals surface area contributed by atoms with E-state index in [1.807, 2.05) is 6.33 Å². The Morgan fingerprint density at radius 1 is 1.35 bits per heavy atom. The van der Waals surface area contributed by atoms with Crippen molar-refractivity contribution in [3.63, 3.8) is 0 Å². The number of aromatic nitrogens is 2. The van der Waals surface area contributed by atoms with Crippen molar-refractivity contribution in [2.45, 2.75) is 58.7 Å². The van der Waals surface area contributed by atoms with E-state index in [0.717, 1.165) is 6.54 Å². The molecular formula is C16H30N4. The predicted octanol–water partition coefficient (Wildman–Crippen LogP) is 2.84. The Morgan fingerprint density at radius 3 is 2.75 bits per heavy atom. The van der Waals surface area contributed by atoms with Crippen LogP contribution >= 0.6 is 0 Å². The summed E-state index contributed by atoms with van der Waals surface area (Å²) in [5.74, 6) is 0.672. The minimum Gasteiger partial charge on any atom is -0.331 e. The van der Waals surface area contributed by atoms with Gasteiger partial charge in [-0.25, -0.2) is 4.98 Å². The molecule has 0 aromatic carbocycles. The second-order valence-corrected chi connectivity index (χ2v) is 6.71. The Hall–Kier alpha value is -0.870. The molecule has 2 heterocycles. The number of hydrogen-bond acceptors (Lipinski definition) is 3. The van der Waals surface area contributed by atoms with Crippen LogP contribution in [0, 0.1) is 5.92 Å². The second-order valence-electron chi connectivity index (χ2n) is 6.71. The summed E-state index contributed by atoms with van der Waals surface area (Å²) in [5, 5.41) is 3.62. The van der Waals surface area contributed by atoms with Gasteiger partial charge in [-0.05, 0) is 46.2 Å². The van der Waals surface area contributed by atoms with Crippen molar-refractivity contribution in [2.24, 2.45) is 5.92 Å². The van der Waals surface area contributed by atoms with Gasteiger partial charge in [0.1, 0.15) is 0 Å². The maximum atomic E-state index is 4.40. The average Bonchev–Trinajstić information content (AvgIpc) is 2.85. The minimum absolute atomic E-state index is 0.474. The third-order valence-electron chi connectivity index (χ3n) is 4.35. The quantitative estimate of drug-likeness (QED) is 0.899. The second kappa shape index (κ2) is 6.72. The van der Waals surface area contributed by atoms with Crippen molar-refractivity contribution >= 4 is 0 Å². The number of nitrogens with one attached hydrogen (secondary N) is 1. The first kappa shape index (κ1) is 15.5. The van der Waals surface area contributed by atoms with E-state index in [1.165, 1.54) is 25.1 Å². The smallest absolute Gasteiger partial charge is 0.0951 e. The molecule has 20 heavy (non-hydrogen) atoms. The highest BCUT2D eigenvalue weighted by atomic mass is 15.2. The maximum absolute atomic E-state index is 4.40. The third kappa shape index (κ3) is 3.41. The topological polar surface area (TPSA) is 33.1 Å². The summed E-state index contributed by atoms with van der Waals surface area (Å²) >= 11 is 0. The predicted molar refractivity (Wildman–Crippen MR) is 83.8 cm³/mol. The van der Waals surface area contributed by atoms with E-state index < -0.39 is 0 Å².